The van der Waals surface area contributed by atoms with Gasteiger partial charge in [-0.05, 0) is 45.2 Å². The average molecular weight is 287 g/mol. The van der Waals surface area contributed by atoms with E-state index < -0.39 is 0 Å². The van der Waals surface area contributed by atoms with E-state index in [0.29, 0.717) is 23.8 Å². The maximum absolute atomic E-state index is 12.2. The van der Waals surface area contributed by atoms with Crippen molar-refractivity contribution in [1.82, 2.24) is 5.32 Å². The molecule has 1 aliphatic carbocycles. The smallest absolute Gasteiger partial charge is 0.255 e. The first-order valence-corrected chi connectivity index (χ1v) is 6.69. The van der Waals surface area contributed by atoms with E-state index in [1.54, 1.807) is 6.07 Å². The Balaban J connectivity index is 0.00000180. The molecule has 19 heavy (non-hydrogen) atoms. The number of aryl methyl sites for hydroxylation is 2. The summed E-state index contributed by atoms with van der Waals surface area (Å²) in [7, 11) is 0. The molecule has 108 valence electrons. The maximum atomic E-state index is 12.2. The molecule has 3 N–H and O–H groups in total. The van der Waals surface area contributed by atoms with Gasteiger partial charge in [0.15, 0.2) is 0 Å². The molecule has 0 bridgehead atoms. The van der Waals surface area contributed by atoms with Crippen LogP contribution in [0.4, 0.5) is 0 Å². The van der Waals surface area contributed by atoms with Gasteiger partial charge < -0.3 is 15.5 Å². The molecule has 1 aliphatic rings. The minimum atomic E-state index is -0.0327. The van der Waals surface area contributed by atoms with E-state index in [0.717, 1.165) is 18.6 Å². The number of halogens is 1. The van der Waals surface area contributed by atoms with Crippen molar-refractivity contribution in [3.63, 3.8) is 0 Å². The van der Waals surface area contributed by atoms with Crippen molar-refractivity contribution in [2.45, 2.75) is 45.6 Å². The summed E-state index contributed by atoms with van der Waals surface area (Å²) in [4.78, 5) is 12.2. The lowest BCUT2D eigenvalue weighted by atomic mass is 9.84. The Morgan fingerprint density at radius 3 is 2.68 bits per heavy atom. The van der Waals surface area contributed by atoms with Crippen LogP contribution in [0.2, 0.25) is 0 Å². The zero-order chi connectivity index (χ0) is 13.1. The summed E-state index contributed by atoms with van der Waals surface area (Å²) in [6.45, 7) is 4.32. The highest BCUT2D eigenvalue weighted by Crippen LogP contribution is 2.24. The van der Waals surface area contributed by atoms with Gasteiger partial charge in [0, 0.05) is 6.04 Å². The van der Waals surface area contributed by atoms with Crippen molar-refractivity contribution >= 4 is 18.3 Å². The zero-order valence-electron chi connectivity index (χ0n) is 11.6. The second-order valence-electron chi connectivity index (χ2n) is 5.19. The molecule has 0 spiro atoms. The molecule has 0 aliphatic heterocycles. The molecule has 2 unspecified atom stereocenters. The minimum Gasteiger partial charge on any atom is -0.466 e. The van der Waals surface area contributed by atoms with Crippen LogP contribution in [0, 0.1) is 19.8 Å². The number of carbonyl (C=O) groups is 1. The van der Waals surface area contributed by atoms with E-state index in [4.69, 9.17) is 10.2 Å². The molecule has 0 radical (unpaired) electrons. The highest BCUT2D eigenvalue weighted by molar-refractivity contribution is 5.95. The van der Waals surface area contributed by atoms with E-state index in [-0.39, 0.29) is 24.4 Å². The van der Waals surface area contributed by atoms with E-state index in [1.165, 1.54) is 12.8 Å². The van der Waals surface area contributed by atoms with Gasteiger partial charge >= 0.3 is 0 Å². The van der Waals surface area contributed by atoms with Gasteiger partial charge in [-0.25, -0.2) is 0 Å². The predicted molar refractivity (Wildman–Crippen MR) is 77.7 cm³/mol. The van der Waals surface area contributed by atoms with Crippen molar-refractivity contribution < 1.29 is 9.21 Å². The van der Waals surface area contributed by atoms with Crippen LogP contribution < -0.4 is 11.1 Å². The summed E-state index contributed by atoms with van der Waals surface area (Å²) in [6.07, 6.45) is 4.54. The number of nitrogens with two attached hydrogens (primary N) is 1. The molecule has 2 rings (SSSR count). The molecule has 1 aromatic rings. The lowest BCUT2D eigenvalue weighted by Gasteiger charge is -2.31. The van der Waals surface area contributed by atoms with Gasteiger partial charge in [-0.1, -0.05) is 12.8 Å². The second kappa shape index (κ2) is 6.96. The Kier molecular flexibility index (Phi) is 5.88. The van der Waals surface area contributed by atoms with Crippen LogP contribution in [-0.2, 0) is 0 Å². The highest BCUT2D eigenvalue weighted by Gasteiger charge is 2.26. The van der Waals surface area contributed by atoms with Gasteiger partial charge in [-0.2, -0.15) is 0 Å². The van der Waals surface area contributed by atoms with Gasteiger partial charge in [0.1, 0.15) is 11.5 Å². The first-order chi connectivity index (χ1) is 8.61. The number of carbonyl (C=O) groups excluding carboxylic acids is 1. The largest absolute Gasteiger partial charge is 0.466 e. The topological polar surface area (TPSA) is 68.3 Å². The number of hydrogen-bond acceptors (Lipinski definition) is 3. The summed E-state index contributed by atoms with van der Waals surface area (Å²) in [5.41, 5.74) is 6.42. The third kappa shape index (κ3) is 3.74. The first-order valence-electron chi connectivity index (χ1n) is 6.69. The fourth-order valence-electron chi connectivity index (χ4n) is 2.78. The number of furan rings is 1. The molecule has 0 aromatic carbocycles. The Hall–Kier alpha value is -1.000. The van der Waals surface area contributed by atoms with Gasteiger partial charge in [0.05, 0.1) is 5.56 Å². The zero-order valence-corrected chi connectivity index (χ0v) is 12.4. The van der Waals surface area contributed by atoms with E-state index >= 15 is 0 Å². The highest BCUT2D eigenvalue weighted by atomic mass is 35.5. The minimum absolute atomic E-state index is 0. The molecule has 0 saturated heterocycles. The van der Waals surface area contributed by atoms with Gasteiger partial charge in [-0.15, -0.1) is 12.4 Å². The van der Waals surface area contributed by atoms with Crippen LogP contribution in [0.25, 0.3) is 0 Å². The van der Waals surface area contributed by atoms with Crippen molar-refractivity contribution in [1.29, 1.82) is 0 Å². The molecule has 1 fully saturated rings. The molecule has 2 atom stereocenters. The van der Waals surface area contributed by atoms with Crippen LogP contribution in [0.15, 0.2) is 10.5 Å². The molecular formula is C14H23ClN2O2. The molecular weight excluding hydrogens is 264 g/mol. The molecule has 5 heteroatoms. The maximum Gasteiger partial charge on any atom is 0.255 e. The summed E-state index contributed by atoms with van der Waals surface area (Å²) in [5.74, 6) is 1.84. The average Bonchev–Trinajstić information content (AvgIpc) is 2.69. The van der Waals surface area contributed by atoms with Crippen LogP contribution in [-0.4, -0.2) is 18.5 Å². The van der Waals surface area contributed by atoms with Gasteiger partial charge in [0.25, 0.3) is 5.91 Å². The molecule has 1 aromatic heterocycles. The summed E-state index contributed by atoms with van der Waals surface area (Å²) in [6, 6.07) is 2.01. The Bertz CT molecular complexity index is 431. The SMILES string of the molecule is Cc1cc(C(=O)NC2CCCCC2CN)c(C)o1.Cl. The molecule has 1 heterocycles. The lowest BCUT2D eigenvalue weighted by molar-refractivity contribution is 0.0906. The van der Waals surface area contributed by atoms with Crippen LogP contribution in [0.5, 0.6) is 0 Å². The van der Waals surface area contributed by atoms with Crippen LogP contribution >= 0.6 is 12.4 Å². The van der Waals surface area contributed by atoms with Gasteiger partial charge in [-0.3, -0.25) is 4.79 Å². The Morgan fingerprint density at radius 1 is 1.42 bits per heavy atom. The quantitative estimate of drug-likeness (QED) is 0.897. The van der Waals surface area contributed by atoms with Crippen molar-refractivity contribution in [2.75, 3.05) is 6.54 Å². The summed E-state index contributed by atoms with van der Waals surface area (Å²) >= 11 is 0. The Labute approximate surface area is 120 Å². The molecule has 1 saturated carbocycles. The first kappa shape index (κ1) is 16.1. The third-order valence-corrected chi connectivity index (χ3v) is 3.81. The third-order valence-electron chi connectivity index (χ3n) is 3.81. The normalized spacial score (nSPS) is 22.7. The van der Waals surface area contributed by atoms with Crippen LogP contribution in [0.1, 0.15) is 47.6 Å². The number of amides is 1. The second-order valence-corrected chi connectivity index (χ2v) is 5.19. The standard InChI is InChI=1S/C14H22N2O2.ClH/c1-9-7-12(10(2)18-9)14(17)16-13-6-4-3-5-11(13)8-15;/h7,11,13H,3-6,8,15H2,1-2H3,(H,16,17);1H. The monoisotopic (exact) mass is 286 g/mol. The number of hydrogen-bond donors (Lipinski definition) is 2. The molecule has 1 amide bonds. The Morgan fingerprint density at radius 2 is 2.11 bits per heavy atom. The fourth-order valence-corrected chi connectivity index (χ4v) is 2.78. The number of rotatable bonds is 3. The fraction of sp³-hybridized carbons (Fsp3) is 0.643. The van der Waals surface area contributed by atoms with E-state index in [1.807, 2.05) is 13.8 Å². The van der Waals surface area contributed by atoms with Crippen molar-refractivity contribution in [2.24, 2.45) is 11.7 Å². The lowest BCUT2D eigenvalue weighted by Crippen LogP contribution is -2.44. The van der Waals surface area contributed by atoms with E-state index in [2.05, 4.69) is 5.32 Å². The van der Waals surface area contributed by atoms with Crippen LogP contribution in [0.3, 0.4) is 0 Å². The van der Waals surface area contributed by atoms with E-state index in [9.17, 15) is 4.79 Å². The summed E-state index contributed by atoms with van der Waals surface area (Å²) < 4.78 is 5.39. The summed E-state index contributed by atoms with van der Waals surface area (Å²) in [5, 5.41) is 3.11. The predicted octanol–water partition coefficient (Wildman–Crippen LogP) is 2.57. The van der Waals surface area contributed by atoms with Crippen molar-refractivity contribution in [3.8, 4) is 0 Å². The molecule has 4 nitrogen and oxygen atoms in total. The number of nitrogens with one attached hydrogen (secondary N) is 1. The van der Waals surface area contributed by atoms with Gasteiger partial charge in [0.2, 0.25) is 0 Å². The van der Waals surface area contributed by atoms with Crippen molar-refractivity contribution in [3.05, 3.63) is 23.2 Å².